The third-order valence-corrected chi connectivity index (χ3v) is 2.71. The molecular formula is C14H22N2O3. The summed E-state index contributed by atoms with van der Waals surface area (Å²) in [6, 6.07) is 5.68. The Morgan fingerprint density at radius 2 is 1.84 bits per heavy atom. The molecule has 0 atom stereocenters. The van der Waals surface area contributed by atoms with Gasteiger partial charge in [-0.1, -0.05) is 12.1 Å². The molecule has 0 bridgehead atoms. The van der Waals surface area contributed by atoms with E-state index in [1.54, 1.807) is 7.11 Å². The summed E-state index contributed by atoms with van der Waals surface area (Å²) in [6.45, 7) is 4.83. The third-order valence-electron chi connectivity index (χ3n) is 2.71. The van der Waals surface area contributed by atoms with E-state index in [-0.39, 0.29) is 5.84 Å². The molecule has 0 heterocycles. The molecule has 3 N–H and O–H groups in total. The predicted octanol–water partition coefficient (Wildman–Crippen LogP) is 1.46. The molecule has 1 rings (SSSR count). The van der Waals surface area contributed by atoms with Gasteiger partial charge in [-0.15, -0.1) is 0 Å². The van der Waals surface area contributed by atoms with Crippen LogP contribution in [0.4, 0.5) is 0 Å². The average molecular weight is 266 g/mol. The second-order valence-electron chi connectivity index (χ2n) is 4.21. The monoisotopic (exact) mass is 266 g/mol. The number of ether oxygens (including phenoxy) is 3. The zero-order chi connectivity index (χ0) is 14.1. The molecule has 19 heavy (non-hydrogen) atoms. The molecule has 0 amide bonds. The van der Waals surface area contributed by atoms with Crippen molar-refractivity contribution in [3.63, 3.8) is 0 Å². The molecule has 5 nitrogen and oxygen atoms in total. The molecule has 5 heteroatoms. The van der Waals surface area contributed by atoms with E-state index in [2.05, 4.69) is 0 Å². The minimum atomic E-state index is 0.0853. The van der Waals surface area contributed by atoms with Crippen LogP contribution in [0.15, 0.2) is 18.2 Å². The summed E-state index contributed by atoms with van der Waals surface area (Å²) in [4.78, 5) is 0. The van der Waals surface area contributed by atoms with Gasteiger partial charge in [0.05, 0.1) is 33.0 Å². The number of benzene rings is 1. The Labute approximate surface area is 114 Å². The van der Waals surface area contributed by atoms with E-state index in [1.165, 1.54) is 0 Å². The second kappa shape index (κ2) is 8.63. The Hall–Kier alpha value is -1.43. The van der Waals surface area contributed by atoms with E-state index in [9.17, 15) is 0 Å². The molecule has 0 aromatic heterocycles. The highest BCUT2D eigenvalue weighted by atomic mass is 16.5. The Morgan fingerprint density at radius 3 is 2.47 bits per heavy atom. The first kappa shape index (κ1) is 15.6. The van der Waals surface area contributed by atoms with Gasteiger partial charge in [0, 0.05) is 12.7 Å². The quantitative estimate of drug-likeness (QED) is 0.403. The summed E-state index contributed by atoms with van der Waals surface area (Å²) in [5, 5.41) is 7.37. The zero-order valence-electron chi connectivity index (χ0n) is 11.6. The maximum atomic E-state index is 7.37. The highest BCUT2D eigenvalue weighted by molar-refractivity contribution is 5.95. The van der Waals surface area contributed by atoms with Crippen molar-refractivity contribution in [3.05, 3.63) is 34.9 Å². The molecule has 0 fully saturated rings. The molecule has 0 radical (unpaired) electrons. The minimum Gasteiger partial charge on any atom is -0.384 e. The number of amidine groups is 1. The van der Waals surface area contributed by atoms with Gasteiger partial charge in [-0.3, -0.25) is 5.41 Å². The van der Waals surface area contributed by atoms with Gasteiger partial charge in [-0.25, -0.2) is 0 Å². The van der Waals surface area contributed by atoms with Gasteiger partial charge >= 0.3 is 0 Å². The van der Waals surface area contributed by atoms with Gasteiger partial charge in [0.2, 0.25) is 0 Å². The summed E-state index contributed by atoms with van der Waals surface area (Å²) in [6.07, 6.45) is 0. The molecule has 106 valence electrons. The summed E-state index contributed by atoms with van der Waals surface area (Å²) in [5.41, 5.74) is 8.35. The van der Waals surface area contributed by atoms with Crippen LogP contribution in [0.3, 0.4) is 0 Å². The van der Waals surface area contributed by atoms with Crippen LogP contribution in [-0.4, -0.2) is 39.4 Å². The number of hydrogen-bond donors (Lipinski definition) is 2. The maximum absolute atomic E-state index is 7.37. The molecule has 0 aliphatic heterocycles. The number of aryl methyl sites for hydroxylation is 1. The molecule has 0 aliphatic carbocycles. The van der Waals surface area contributed by atoms with E-state index in [0.29, 0.717) is 33.0 Å². The summed E-state index contributed by atoms with van der Waals surface area (Å²) in [7, 11) is 1.65. The summed E-state index contributed by atoms with van der Waals surface area (Å²) in [5.74, 6) is 0.0853. The lowest BCUT2D eigenvalue weighted by Gasteiger charge is -2.09. The van der Waals surface area contributed by atoms with Crippen molar-refractivity contribution in [1.29, 1.82) is 5.41 Å². The lowest BCUT2D eigenvalue weighted by Crippen LogP contribution is -2.12. The zero-order valence-corrected chi connectivity index (χ0v) is 11.6. The van der Waals surface area contributed by atoms with E-state index in [4.69, 9.17) is 25.4 Å². The van der Waals surface area contributed by atoms with Crippen molar-refractivity contribution in [2.45, 2.75) is 13.5 Å². The Balaban J connectivity index is 2.28. The molecule has 1 aromatic rings. The van der Waals surface area contributed by atoms with Gasteiger partial charge < -0.3 is 19.9 Å². The van der Waals surface area contributed by atoms with Gasteiger partial charge in [0.1, 0.15) is 5.84 Å². The van der Waals surface area contributed by atoms with Crippen LogP contribution in [-0.2, 0) is 20.8 Å². The fourth-order valence-corrected chi connectivity index (χ4v) is 1.57. The molecule has 0 aliphatic rings. The Morgan fingerprint density at radius 1 is 1.16 bits per heavy atom. The topological polar surface area (TPSA) is 77.6 Å². The van der Waals surface area contributed by atoms with Crippen LogP contribution in [0.5, 0.6) is 0 Å². The second-order valence-corrected chi connectivity index (χ2v) is 4.21. The van der Waals surface area contributed by atoms with Gasteiger partial charge in [-0.2, -0.15) is 0 Å². The molecule has 0 saturated heterocycles. The fraction of sp³-hybridized carbons (Fsp3) is 0.500. The number of nitrogen functional groups attached to an aromatic ring is 1. The van der Waals surface area contributed by atoms with Crippen LogP contribution in [0.2, 0.25) is 0 Å². The van der Waals surface area contributed by atoms with Crippen LogP contribution >= 0.6 is 0 Å². The largest absolute Gasteiger partial charge is 0.384 e. The highest BCUT2D eigenvalue weighted by Crippen LogP contribution is 2.12. The van der Waals surface area contributed by atoms with Crippen molar-refractivity contribution in [2.24, 2.45) is 5.73 Å². The average Bonchev–Trinajstić information content (AvgIpc) is 2.39. The van der Waals surface area contributed by atoms with E-state index in [0.717, 1.165) is 16.7 Å². The molecule has 0 unspecified atom stereocenters. The van der Waals surface area contributed by atoms with E-state index >= 15 is 0 Å². The summed E-state index contributed by atoms with van der Waals surface area (Å²) < 4.78 is 15.7. The number of rotatable bonds is 9. The van der Waals surface area contributed by atoms with E-state index in [1.807, 2.05) is 25.1 Å². The van der Waals surface area contributed by atoms with Gasteiger partial charge in [0.25, 0.3) is 0 Å². The number of nitrogens with one attached hydrogen (secondary N) is 1. The van der Waals surface area contributed by atoms with Crippen LogP contribution in [0.25, 0.3) is 0 Å². The number of methoxy groups -OCH3 is 1. The lowest BCUT2D eigenvalue weighted by atomic mass is 10.1. The van der Waals surface area contributed by atoms with Crippen molar-refractivity contribution in [3.8, 4) is 0 Å². The number of nitrogens with two attached hydrogens (primary N) is 1. The number of hydrogen-bond acceptors (Lipinski definition) is 4. The molecule has 0 spiro atoms. The van der Waals surface area contributed by atoms with Crippen LogP contribution in [0, 0.1) is 12.3 Å². The fourth-order valence-electron chi connectivity index (χ4n) is 1.57. The maximum Gasteiger partial charge on any atom is 0.122 e. The SMILES string of the molecule is COCCOCCOCc1ccc(C(=N)N)cc1C. The summed E-state index contributed by atoms with van der Waals surface area (Å²) >= 11 is 0. The molecule has 1 aromatic carbocycles. The van der Waals surface area contributed by atoms with Crippen molar-refractivity contribution < 1.29 is 14.2 Å². The first-order valence-corrected chi connectivity index (χ1v) is 6.23. The van der Waals surface area contributed by atoms with Crippen LogP contribution in [0.1, 0.15) is 16.7 Å². The Bertz CT molecular complexity index is 408. The van der Waals surface area contributed by atoms with Crippen molar-refractivity contribution in [1.82, 2.24) is 0 Å². The molecular weight excluding hydrogens is 244 g/mol. The minimum absolute atomic E-state index is 0.0853. The molecule has 0 saturated carbocycles. The first-order valence-electron chi connectivity index (χ1n) is 6.23. The van der Waals surface area contributed by atoms with Crippen molar-refractivity contribution in [2.75, 3.05) is 33.5 Å². The Kier molecular flexibility index (Phi) is 7.10. The van der Waals surface area contributed by atoms with E-state index < -0.39 is 0 Å². The van der Waals surface area contributed by atoms with Crippen LogP contribution < -0.4 is 5.73 Å². The van der Waals surface area contributed by atoms with Gasteiger partial charge in [-0.05, 0) is 24.1 Å². The normalized spacial score (nSPS) is 10.6. The third kappa shape index (κ3) is 5.83. The predicted molar refractivity (Wildman–Crippen MR) is 74.5 cm³/mol. The first-order chi connectivity index (χ1) is 9.15. The van der Waals surface area contributed by atoms with Crippen molar-refractivity contribution >= 4 is 5.84 Å². The highest BCUT2D eigenvalue weighted by Gasteiger charge is 2.02. The smallest absolute Gasteiger partial charge is 0.122 e. The standard InChI is InChI=1S/C14H22N2O3/c1-11-9-12(14(15)16)3-4-13(11)10-19-8-7-18-6-5-17-2/h3-4,9H,5-8,10H2,1-2H3,(H3,15,16). The lowest BCUT2D eigenvalue weighted by molar-refractivity contribution is 0.0198. The van der Waals surface area contributed by atoms with Gasteiger partial charge in [0.15, 0.2) is 0 Å².